The van der Waals surface area contributed by atoms with Gasteiger partial charge in [-0.05, 0) is 51.9 Å². The van der Waals surface area contributed by atoms with E-state index < -0.39 is 0 Å². The Hall–Kier alpha value is -1.86. The molecule has 1 nitrogen and oxygen atoms in total. The first-order valence-electron chi connectivity index (χ1n) is 6.61. The van der Waals surface area contributed by atoms with Crippen LogP contribution in [0.15, 0.2) is 36.4 Å². The summed E-state index contributed by atoms with van der Waals surface area (Å²) in [7, 11) is 0. The first kappa shape index (κ1) is 10.1. The Balaban J connectivity index is 2.24. The van der Waals surface area contributed by atoms with E-state index in [1.807, 2.05) is 0 Å². The Kier molecular flexibility index (Phi) is 2.00. The van der Waals surface area contributed by atoms with Crippen LogP contribution in [0.2, 0.25) is 0 Å². The number of quaternary nitrogens is 1. The van der Waals surface area contributed by atoms with Crippen LogP contribution in [0.3, 0.4) is 0 Å². The smallest absolute Gasteiger partial charge is 0.100 e. The van der Waals surface area contributed by atoms with Crippen LogP contribution in [0.25, 0.3) is 22.4 Å². The van der Waals surface area contributed by atoms with Crippen LogP contribution < -0.4 is 5.73 Å². The lowest BCUT2D eigenvalue weighted by molar-refractivity contribution is -0.386. The van der Waals surface area contributed by atoms with Crippen molar-refractivity contribution in [3.63, 3.8) is 0 Å². The first-order chi connectivity index (χ1) is 8.88. The van der Waals surface area contributed by atoms with Crippen molar-refractivity contribution in [2.45, 2.75) is 19.4 Å². The Labute approximate surface area is 107 Å². The predicted molar refractivity (Wildman–Crippen MR) is 75.9 cm³/mol. The molecule has 2 aromatic rings. The highest BCUT2D eigenvalue weighted by Gasteiger charge is 2.21. The first-order valence-corrected chi connectivity index (χ1v) is 6.61. The molecule has 0 unspecified atom stereocenters. The molecule has 0 atom stereocenters. The van der Waals surface area contributed by atoms with E-state index in [9.17, 15) is 0 Å². The molecule has 0 aliphatic heterocycles. The van der Waals surface area contributed by atoms with Gasteiger partial charge in [0.1, 0.15) is 6.54 Å². The molecule has 0 radical (unpaired) electrons. The van der Waals surface area contributed by atoms with Gasteiger partial charge in [0.2, 0.25) is 0 Å². The molecule has 3 N–H and O–H groups in total. The van der Waals surface area contributed by atoms with Gasteiger partial charge in [-0.1, -0.05) is 36.4 Å². The summed E-state index contributed by atoms with van der Waals surface area (Å²) in [6.45, 7) is 0.861. The minimum Gasteiger partial charge on any atom is -0.354 e. The minimum atomic E-state index is 0.861. The van der Waals surface area contributed by atoms with Crippen molar-refractivity contribution < 1.29 is 5.73 Å². The molecule has 18 heavy (non-hydrogen) atoms. The third-order valence-electron chi connectivity index (χ3n) is 4.16. The van der Waals surface area contributed by atoms with Crippen molar-refractivity contribution in [2.75, 3.05) is 0 Å². The van der Waals surface area contributed by atoms with Crippen molar-refractivity contribution in [1.29, 1.82) is 0 Å². The maximum atomic E-state index is 4.08. The van der Waals surface area contributed by atoms with Crippen LogP contribution in [0.1, 0.15) is 28.7 Å². The molecule has 1 heteroatoms. The average Bonchev–Trinajstić information content (AvgIpc) is 2.44. The highest BCUT2D eigenvalue weighted by molar-refractivity contribution is 6.03. The second-order valence-corrected chi connectivity index (χ2v) is 5.13. The molecular weight excluding hydrogens is 218 g/mol. The number of hydrogen-bond donors (Lipinski definition) is 1. The van der Waals surface area contributed by atoms with Gasteiger partial charge < -0.3 is 5.73 Å². The highest BCUT2D eigenvalue weighted by Crippen LogP contribution is 2.41. The molecule has 0 bridgehead atoms. The minimum absolute atomic E-state index is 0.861. The zero-order chi connectivity index (χ0) is 12.1. The second-order valence-electron chi connectivity index (χ2n) is 5.13. The molecule has 2 aliphatic rings. The Morgan fingerprint density at radius 2 is 2.11 bits per heavy atom. The number of allylic oxidation sites excluding steroid dienone is 3. The fourth-order valence-corrected chi connectivity index (χ4v) is 3.33. The van der Waals surface area contributed by atoms with Gasteiger partial charge in [-0.2, -0.15) is 0 Å². The Morgan fingerprint density at radius 3 is 3.00 bits per heavy atom. The zero-order valence-electron chi connectivity index (χ0n) is 10.4. The Morgan fingerprint density at radius 1 is 1.17 bits per heavy atom. The van der Waals surface area contributed by atoms with Crippen LogP contribution in [0.5, 0.6) is 0 Å². The monoisotopic (exact) mass is 234 g/mol. The number of benzene rings is 2. The van der Waals surface area contributed by atoms with Gasteiger partial charge >= 0.3 is 0 Å². The summed E-state index contributed by atoms with van der Waals surface area (Å²) < 4.78 is 0. The summed E-state index contributed by atoms with van der Waals surface area (Å²) in [5, 5.41) is 2.86. The molecular formula is C17H16N+. The lowest BCUT2D eigenvalue weighted by atomic mass is 9.79. The van der Waals surface area contributed by atoms with Gasteiger partial charge in [-0.15, -0.1) is 0 Å². The fraction of sp³-hybridized carbons (Fsp3) is 0.176. The van der Waals surface area contributed by atoms with Gasteiger partial charge in [0.25, 0.3) is 0 Å². The molecule has 0 saturated carbocycles. The summed E-state index contributed by atoms with van der Waals surface area (Å²) in [4.78, 5) is 0. The molecule has 0 fully saturated rings. The van der Waals surface area contributed by atoms with Crippen LogP contribution >= 0.6 is 0 Å². The van der Waals surface area contributed by atoms with Crippen molar-refractivity contribution in [3.8, 4) is 0 Å². The number of rotatable bonds is 1. The second kappa shape index (κ2) is 3.56. The largest absolute Gasteiger partial charge is 0.354 e. The third-order valence-corrected chi connectivity index (χ3v) is 4.16. The summed E-state index contributed by atoms with van der Waals surface area (Å²) in [5.74, 6) is 0. The zero-order valence-corrected chi connectivity index (χ0v) is 10.4. The molecule has 2 aliphatic carbocycles. The van der Waals surface area contributed by atoms with Crippen LogP contribution in [0.4, 0.5) is 0 Å². The predicted octanol–water partition coefficient (Wildman–Crippen LogP) is 2.94. The lowest BCUT2D eigenvalue weighted by Crippen LogP contribution is -2.47. The summed E-state index contributed by atoms with van der Waals surface area (Å²) in [6, 6.07) is 9.00. The van der Waals surface area contributed by atoms with Crippen molar-refractivity contribution >= 4 is 22.4 Å². The van der Waals surface area contributed by atoms with E-state index in [-0.39, 0.29) is 0 Å². The standard InChI is InChI=1S/C17H15N/c18-10-14-9-13-5-1-3-11-7-8-12-4-2-6-15(14)17(12)16(11)13/h1-3,5-6,8-9H,4,7,10,18H2/p+1. The molecule has 4 rings (SSSR count). The topological polar surface area (TPSA) is 27.6 Å². The van der Waals surface area contributed by atoms with Gasteiger partial charge in [-0.3, -0.25) is 0 Å². The maximum Gasteiger partial charge on any atom is 0.100 e. The van der Waals surface area contributed by atoms with Crippen LogP contribution in [-0.2, 0) is 13.0 Å². The van der Waals surface area contributed by atoms with E-state index in [1.165, 1.54) is 38.6 Å². The molecule has 0 heterocycles. The molecule has 2 aromatic carbocycles. The number of hydrogen-bond acceptors (Lipinski definition) is 0. The van der Waals surface area contributed by atoms with Gasteiger partial charge in [0.15, 0.2) is 0 Å². The van der Waals surface area contributed by atoms with Crippen LogP contribution in [0, 0.1) is 0 Å². The van der Waals surface area contributed by atoms with E-state index in [0.29, 0.717) is 0 Å². The van der Waals surface area contributed by atoms with E-state index in [2.05, 4.69) is 48.2 Å². The third kappa shape index (κ3) is 1.20. The van der Waals surface area contributed by atoms with E-state index >= 15 is 0 Å². The lowest BCUT2D eigenvalue weighted by Gasteiger charge is -2.24. The van der Waals surface area contributed by atoms with Gasteiger partial charge in [0.05, 0.1) is 0 Å². The van der Waals surface area contributed by atoms with E-state index in [0.717, 1.165) is 19.4 Å². The summed E-state index contributed by atoms with van der Waals surface area (Å²) in [6.07, 6.45) is 9.13. The normalized spacial score (nSPS) is 15.9. The molecule has 0 aromatic heterocycles. The van der Waals surface area contributed by atoms with E-state index in [1.54, 1.807) is 0 Å². The average molecular weight is 234 g/mol. The van der Waals surface area contributed by atoms with E-state index in [4.69, 9.17) is 0 Å². The quantitative estimate of drug-likeness (QED) is 0.785. The molecule has 0 saturated heterocycles. The molecule has 0 spiro atoms. The highest BCUT2D eigenvalue weighted by atomic mass is 14.5. The summed E-state index contributed by atoms with van der Waals surface area (Å²) in [5.41, 5.74) is 11.3. The Bertz CT molecular complexity index is 720. The molecule has 0 amide bonds. The van der Waals surface area contributed by atoms with Gasteiger partial charge in [0, 0.05) is 5.56 Å². The maximum absolute atomic E-state index is 4.08. The molecule has 88 valence electrons. The van der Waals surface area contributed by atoms with Crippen molar-refractivity contribution in [2.24, 2.45) is 0 Å². The van der Waals surface area contributed by atoms with Gasteiger partial charge in [-0.25, -0.2) is 0 Å². The van der Waals surface area contributed by atoms with Crippen LogP contribution in [-0.4, -0.2) is 0 Å². The fourth-order valence-electron chi connectivity index (χ4n) is 3.33. The van der Waals surface area contributed by atoms with Crippen molar-refractivity contribution in [3.05, 3.63) is 58.7 Å². The SMILES string of the molecule is [NH3+]Cc1cc2cccc3c2c2c1C=CCC2=CC3. The van der Waals surface area contributed by atoms with Crippen molar-refractivity contribution in [1.82, 2.24) is 0 Å². The summed E-state index contributed by atoms with van der Waals surface area (Å²) >= 11 is 0.